The number of Topliss-reactive ketones (excluding diaryl/α,β-unsaturated/α-hetero) is 2. The van der Waals surface area contributed by atoms with Crippen LogP contribution in [0.3, 0.4) is 0 Å². The topological polar surface area (TPSA) is 182 Å². The zero-order valence-corrected chi connectivity index (χ0v) is 31.2. The average Bonchev–Trinajstić information content (AvgIpc) is 3.75. The lowest BCUT2D eigenvalue weighted by atomic mass is 9.73. The molecule has 1 aliphatic heterocycles. The third kappa shape index (κ3) is 9.41. The summed E-state index contributed by atoms with van der Waals surface area (Å²) in [5, 5.41) is 39.9. The van der Waals surface area contributed by atoms with Crippen LogP contribution >= 0.6 is 0 Å². The van der Waals surface area contributed by atoms with E-state index < -0.39 is 45.8 Å². The fourth-order valence-corrected chi connectivity index (χ4v) is 7.38. The molecule has 3 atom stereocenters. The van der Waals surface area contributed by atoms with E-state index in [4.69, 9.17) is 4.74 Å². The Hall–Kier alpha value is -4.91. The molecule has 1 aliphatic carbocycles. The van der Waals surface area contributed by atoms with Gasteiger partial charge in [-0.2, -0.15) is 0 Å². The summed E-state index contributed by atoms with van der Waals surface area (Å²) in [6.07, 6.45) is 8.09. The number of amides is 1. The van der Waals surface area contributed by atoms with Gasteiger partial charge in [0.25, 0.3) is 11.2 Å². The van der Waals surface area contributed by atoms with Crippen molar-refractivity contribution < 1.29 is 49.1 Å². The highest BCUT2D eigenvalue weighted by Crippen LogP contribution is 2.32. The Morgan fingerprint density at radius 3 is 1.63 bits per heavy atom. The van der Waals surface area contributed by atoms with Gasteiger partial charge in [-0.1, -0.05) is 92.6 Å². The van der Waals surface area contributed by atoms with Crippen LogP contribution in [-0.2, 0) is 20.8 Å². The first-order valence-electron chi connectivity index (χ1n) is 18.5. The first kappa shape index (κ1) is 41.8. The molecule has 4 N–H and O–H groups in total. The van der Waals surface area contributed by atoms with E-state index in [1.165, 1.54) is 54.8 Å². The van der Waals surface area contributed by atoms with Crippen molar-refractivity contribution in [3.8, 4) is 5.75 Å². The summed E-state index contributed by atoms with van der Waals surface area (Å²) >= 11 is 0. The highest BCUT2D eigenvalue weighted by Gasteiger charge is 2.69. The molecule has 2 fully saturated rings. The largest absolute Gasteiger partial charge is 0.497 e. The Kier molecular flexibility index (Phi) is 14.7. The van der Waals surface area contributed by atoms with E-state index in [9.17, 15) is 44.4 Å². The number of carbonyl (C=O) groups excluding carboxylic acids is 3. The minimum absolute atomic E-state index is 0.327. The molecule has 54 heavy (non-hydrogen) atoms. The van der Waals surface area contributed by atoms with E-state index in [2.05, 4.69) is 47.9 Å². The Morgan fingerprint density at radius 2 is 1.22 bits per heavy atom. The van der Waals surface area contributed by atoms with Crippen LogP contribution in [0.1, 0.15) is 78.7 Å². The Labute approximate surface area is 316 Å². The number of likely N-dealkylation sites (N-methyl/N-ethyl adjacent to an activating group) is 1. The first-order chi connectivity index (χ1) is 25.8. The maximum atomic E-state index is 12.6. The van der Waals surface area contributed by atoms with Crippen molar-refractivity contribution in [3.05, 3.63) is 102 Å². The summed E-state index contributed by atoms with van der Waals surface area (Å²) in [5.41, 5.74) is -7.32. The number of ether oxygens (including phenoxy) is 1. The number of hydrogen-bond acceptors (Lipinski definition) is 9. The van der Waals surface area contributed by atoms with Gasteiger partial charge in [-0.15, -0.1) is 0 Å². The molecule has 0 bridgehead atoms. The van der Waals surface area contributed by atoms with E-state index in [0.29, 0.717) is 23.8 Å². The molecule has 1 amide bonds. The molecule has 2 aliphatic rings. The van der Waals surface area contributed by atoms with Crippen molar-refractivity contribution >= 4 is 29.4 Å². The van der Waals surface area contributed by atoms with Crippen molar-refractivity contribution in [1.82, 2.24) is 9.80 Å². The lowest BCUT2D eigenvalue weighted by molar-refractivity contribution is -0.187. The number of methoxy groups -OCH3 is 1. The van der Waals surface area contributed by atoms with E-state index in [1.807, 2.05) is 0 Å². The fraction of sp³-hybridized carbons (Fsp3) is 0.452. The first-order valence-corrected chi connectivity index (χ1v) is 18.5. The minimum Gasteiger partial charge on any atom is -0.497 e. The van der Waals surface area contributed by atoms with Crippen LogP contribution in [0.2, 0.25) is 0 Å². The highest BCUT2D eigenvalue weighted by atomic mass is 16.5. The maximum Gasteiger partial charge on any atom is 0.348 e. The molecule has 3 aromatic rings. The second-order valence-corrected chi connectivity index (χ2v) is 14.2. The van der Waals surface area contributed by atoms with Gasteiger partial charge in [0.15, 0.2) is 0 Å². The molecule has 3 unspecified atom stereocenters. The molecule has 1 heterocycles. The van der Waals surface area contributed by atoms with Crippen LogP contribution in [0, 0.1) is 11.8 Å². The van der Waals surface area contributed by atoms with Crippen molar-refractivity contribution in [3.63, 3.8) is 0 Å². The van der Waals surface area contributed by atoms with Gasteiger partial charge in [-0.05, 0) is 69.2 Å². The minimum atomic E-state index is -3.95. The van der Waals surface area contributed by atoms with Gasteiger partial charge in [-0.3, -0.25) is 14.4 Å². The standard InChI is InChI=1S/C24H38N2O2.C18H14O8/c1-4-25(19(2)17-20-9-11-23(28-3)12-10-20)18-21-13-15-26(16-14-21)24(27)22-7-5-6-8-22;19-13(11-7-3-1-4-8-11)17(25,15(21)22)18(26,16(23)24)14(20)12-9-5-2-6-10-12/h9-12,19,21-22H,4-8,13-18H2,1-3H3;1-10,25-26H,(H,21,22)(H,23,24). The fourth-order valence-electron chi connectivity index (χ4n) is 7.38. The number of likely N-dealkylation sites (tertiary alicyclic amines) is 1. The molecule has 3 aromatic carbocycles. The second-order valence-electron chi connectivity index (χ2n) is 14.2. The predicted octanol–water partition coefficient (Wildman–Crippen LogP) is 4.76. The van der Waals surface area contributed by atoms with E-state index in [-0.39, 0.29) is 0 Å². The number of carbonyl (C=O) groups is 5. The van der Waals surface area contributed by atoms with Crippen molar-refractivity contribution in [2.75, 3.05) is 33.3 Å². The SMILES string of the molecule is CCN(CC1CCN(C(=O)C2CCCC2)CC1)C(C)Cc1ccc(OC)cc1.O=C(O)C(O)(C(=O)c1ccccc1)C(O)(C(=O)O)C(=O)c1ccccc1. The molecule has 12 heteroatoms. The number of aliphatic hydroxyl groups is 2. The monoisotopic (exact) mass is 744 g/mol. The Balaban J connectivity index is 0.000000241. The molecule has 0 spiro atoms. The molecule has 5 rings (SSSR count). The predicted molar refractivity (Wildman–Crippen MR) is 201 cm³/mol. The van der Waals surface area contributed by atoms with Crippen molar-refractivity contribution in [2.45, 2.75) is 76.0 Å². The van der Waals surface area contributed by atoms with Crippen LogP contribution in [0.5, 0.6) is 5.75 Å². The summed E-state index contributed by atoms with van der Waals surface area (Å²) in [6, 6.07) is 21.8. The number of piperidine rings is 1. The molecule has 1 saturated heterocycles. The third-order valence-electron chi connectivity index (χ3n) is 10.7. The summed E-state index contributed by atoms with van der Waals surface area (Å²) in [6.45, 7) is 8.77. The Bertz CT molecular complexity index is 1650. The van der Waals surface area contributed by atoms with Gasteiger partial charge in [0.05, 0.1) is 7.11 Å². The van der Waals surface area contributed by atoms with E-state index >= 15 is 0 Å². The molecular weight excluding hydrogens is 692 g/mol. The van der Waals surface area contributed by atoms with Crippen LogP contribution in [0.4, 0.5) is 0 Å². The lowest BCUT2D eigenvalue weighted by Gasteiger charge is -2.37. The summed E-state index contributed by atoms with van der Waals surface area (Å²) in [4.78, 5) is 66.0. The smallest absolute Gasteiger partial charge is 0.348 e. The number of carboxylic acids is 2. The van der Waals surface area contributed by atoms with Crippen LogP contribution in [0.25, 0.3) is 0 Å². The molecule has 12 nitrogen and oxygen atoms in total. The molecular formula is C42H52N2O10. The third-order valence-corrected chi connectivity index (χ3v) is 10.7. The van der Waals surface area contributed by atoms with Gasteiger partial charge in [0, 0.05) is 42.7 Å². The van der Waals surface area contributed by atoms with Gasteiger partial charge in [0.2, 0.25) is 17.5 Å². The van der Waals surface area contributed by atoms with Crippen molar-refractivity contribution in [2.24, 2.45) is 11.8 Å². The number of rotatable bonds is 15. The summed E-state index contributed by atoms with van der Waals surface area (Å²) in [5.74, 6) is -5.63. The Morgan fingerprint density at radius 1 is 0.759 bits per heavy atom. The molecule has 1 saturated carbocycles. The van der Waals surface area contributed by atoms with Crippen molar-refractivity contribution in [1.29, 1.82) is 0 Å². The zero-order valence-electron chi connectivity index (χ0n) is 31.2. The number of aliphatic carboxylic acids is 2. The number of benzene rings is 3. The summed E-state index contributed by atoms with van der Waals surface area (Å²) < 4.78 is 5.26. The second kappa shape index (κ2) is 18.9. The lowest BCUT2D eigenvalue weighted by Crippen LogP contribution is -2.71. The van der Waals surface area contributed by atoms with Crippen LogP contribution < -0.4 is 4.74 Å². The summed E-state index contributed by atoms with van der Waals surface area (Å²) in [7, 11) is 1.71. The highest BCUT2D eigenvalue weighted by molar-refractivity contribution is 6.28. The number of ketones is 2. The van der Waals surface area contributed by atoms with E-state index in [0.717, 1.165) is 88.3 Å². The molecule has 290 valence electrons. The van der Waals surface area contributed by atoms with Crippen LogP contribution in [0.15, 0.2) is 84.9 Å². The van der Waals surface area contributed by atoms with Gasteiger partial charge in [0.1, 0.15) is 5.75 Å². The zero-order chi connectivity index (χ0) is 39.5. The number of carboxylic acid groups (broad SMARTS) is 2. The number of nitrogens with zero attached hydrogens (tertiary/aromatic N) is 2. The normalized spacial score (nSPS) is 17.7. The van der Waals surface area contributed by atoms with Crippen LogP contribution in [-0.4, -0.2) is 110 Å². The van der Waals surface area contributed by atoms with Gasteiger partial charge in [-0.25, -0.2) is 9.59 Å². The van der Waals surface area contributed by atoms with Gasteiger partial charge < -0.3 is 35.0 Å². The maximum absolute atomic E-state index is 12.6. The van der Waals surface area contributed by atoms with E-state index in [1.54, 1.807) is 7.11 Å². The quantitative estimate of drug-likeness (QED) is 0.124. The molecule has 0 radical (unpaired) electrons. The average molecular weight is 745 g/mol. The van der Waals surface area contributed by atoms with Gasteiger partial charge >= 0.3 is 11.9 Å². The number of hydrogen-bond donors (Lipinski definition) is 4. The molecule has 0 aromatic heterocycles.